The number of ether oxygens (including phenoxy) is 1. The lowest BCUT2D eigenvalue weighted by Crippen LogP contribution is -2.47. The lowest BCUT2D eigenvalue weighted by atomic mass is 9.96. The number of likely N-dealkylation sites (tertiary alicyclic amines) is 1. The highest BCUT2D eigenvalue weighted by atomic mass is 16.5. The standard InChI is InChI=1S/C20H30N2O3/c1-4-7-15(2)21-20(24)17-9-6-11-22(14-17)19(23)13-16-8-5-10-18(12-16)25-3/h5,8,10,12,15,17H,4,6-7,9,11,13-14H2,1-3H3,(H,21,24). The van der Waals surface area contributed by atoms with Crippen molar-refractivity contribution in [1.29, 1.82) is 0 Å². The van der Waals surface area contributed by atoms with Crippen molar-refractivity contribution in [3.8, 4) is 5.75 Å². The molecule has 1 aliphatic heterocycles. The van der Waals surface area contributed by atoms with Crippen LogP contribution >= 0.6 is 0 Å². The van der Waals surface area contributed by atoms with Gasteiger partial charge >= 0.3 is 0 Å². The number of benzene rings is 1. The van der Waals surface area contributed by atoms with E-state index in [0.29, 0.717) is 13.0 Å². The van der Waals surface area contributed by atoms with E-state index in [2.05, 4.69) is 12.2 Å². The van der Waals surface area contributed by atoms with Crippen molar-refractivity contribution in [2.24, 2.45) is 5.92 Å². The highest BCUT2D eigenvalue weighted by Gasteiger charge is 2.28. The molecular formula is C20H30N2O3. The lowest BCUT2D eigenvalue weighted by molar-refractivity contribution is -0.135. The van der Waals surface area contributed by atoms with E-state index in [4.69, 9.17) is 4.74 Å². The topological polar surface area (TPSA) is 58.6 Å². The molecule has 2 atom stereocenters. The second-order valence-electron chi connectivity index (χ2n) is 6.91. The minimum absolute atomic E-state index is 0.0763. The Morgan fingerprint density at radius 2 is 2.20 bits per heavy atom. The zero-order valence-electron chi connectivity index (χ0n) is 15.6. The minimum Gasteiger partial charge on any atom is -0.497 e. The number of nitrogens with one attached hydrogen (secondary N) is 1. The van der Waals surface area contributed by atoms with Crippen LogP contribution in [0.4, 0.5) is 0 Å². The van der Waals surface area contributed by atoms with Gasteiger partial charge in [0, 0.05) is 19.1 Å². The maximum absolute atomic E-state index is 12.6. The molecule has 25 heavy (non-hydrogen) atoms. The van der Waals surface area contributed by atoms with Gasteiger partial charge < -0.3 is 15.0 Å². The SMILES string of the molecule is CCCC(C)NC(=O)C1CCCN(C(=O)Cc2cccc(OC)c2)C1. The summed E-state index contributed by atoms with van der Waals surface area (Å²) in [4.78, 5) is 26.9. The summed E-state index contributed by atoms with van der Waals surface area (Å²) in [6, 6.07) is 7.77. The summed E-state index contributed by atoms with van der Waals surface area (Å²) in [5.74, 6) is 0.820. The second-order valence-corrected chi connectivity index (χ2v) is 6.91. The van der Waals surface area contributed by atoms with E-state index in [0.717, 1.165) is 43.5 Å². The number of amides is 2. The third-order valence-corrected chi connectivity index (χ3v) is 4.74. The molecule has 1 heterocycles. The molecule has 5 heteroatoms. The highest BCUT2D eigenvalue weighted by molar-refractivity contribution is 5.82. The van der Waals surface area contributed by atoms with Crippen LogP contribution in [-0.2, 0) is 16.0 Å². The molecule has 0 bridgehead atoms. The minimum atomic E-state index is -0.0951. The summed E-state index contributed by atoms with van der Waals surface area (Å²) >= 11 is 0. The maximum atomic E-state index is 12.6. The molecule has 138 valence electrons. The van der Waals surface area contributed by atoms with Gasteiger partial charge in [-0.1, -0.05) is 25.5 Å². The average Bonchev–Trinajstić information content (AvgIpc) is 2.62. The van der Waals surface area contributed by atoms with Crippen molar-refractivity contribution in [1.82, 2.24) is 10.2 Å². The molecule has 0 saturated carbocycles. The molecule has 0 aliphatic carbocycles. The monoisotopic (exact) mass is 346 g/mol. The van der Waals surface area contributed by atoms with Crippen LogP contribution in [0.3, 0.4) is 0 Å². The molecule has 0 aromatic heterocycles. The zero-order valence-corrected chi connectivity index (χ0v) is 15.6. The quantitative estimate of drug-likeness (QED) is 0.826. The van der Waals surface area contributed by atoms with Crippen LogP contribution in [0.1, 0.15) is 45.1 Å². The Morgan fingerprint density at radius 3 is 2.92 bits per heavy atom. The molecule has 1 aromatic rings. The van der Waals surface area contributed by atoms with Crippen LogP contribution < -0.4 is 10.1 Å². The van der Waals surface area contributed by atoms with Crippen LogP contribution in [0.5, 0.6) is 5.75 Å². The van der Waals surface area contributed by atoms with Gasteiger partial charge in [0.05, 0.1) is 19.4 Å². The van der Waals surface area contributed by atoms with Gasteiger partial charge in [-0.3, -0.25) is 9.59 Å². The number of hydrogen-bond acceptors (Lipinski definition) is 3. The molecule has 5 nitrogen and oxygen atoms in total. The van der Waals surface area contributed by atoms with Crippen molar-refractivity contribution >= 4 is 11.8 Å². The summed E-state index contributed by atoms with van der Waals surface area (Å²) in [7, 11) is 1.62. The Hall–Kier alpha value is -2.04. The first-order valence-electron chi connectivity index (χ1n) is 9.24. The van der Waals surface area contributed by atoms with Crippen molar-refractivity contribution < 1.29 is 14.3 Å². The third-order valence-electron chi connectivity index (χ3n) is 4.74. The normalized spacial score (nSPS) is 18.5. The molecule has 1 fully saturated rings. The molecule has 2 amide bonds. The smallest absolute Gasteiger partial charge is 0.227 e. The molecule has 2 unspecified atom stereocenters. The van der Waals surface area contributed by atoms with Gasteiger partial charge in [0.25, 0.3) is 0 Å². The number of piperidine rings is 1. The summed E-state index contributed by atoms with van der Waals surface area (Å²) in [5.41, 5.74) is 0.937. The van der Waals surface area contributed by atoms with Crippen LogP contribution in [-0.4, -0.2) is 43.0 Å². The predicted molar refractivity (Wildman–Crippen MR) is 98.5 cm³/mol. The zero-order chi connectivity index (χ0) is 18.2. The molecular weight excluding hydrogens is 316 g/mol. The van der Waals surface area contributed by atoms with Gasteiger partial charge in [-0.05, 0) is 43.9 Å². The molecule has 0 spiro atoms. The average molecular weight is 346 g/mol. The Bertz CT molecular complexity index is 588. The molecule has 1 aromatic carbocycles. The van der Waals surface area contributed by atoms with Crippen LogP contribution in [0.15, 0.2) is 24.3 Å². The summed E-state index contributed by atoms with van der Waals surface area (Å²) < 4.78 is 5.21. The number of rotatable bonds is 7. The van der Waals surface area contributed by atoms with Gasteiger partial charge in [0.2, 0.25) is 11.8 Å². The number of carbonyl (C=O) groups excluding carboxylic acids is 2. The van der Waals surface area contributed by atoms with E-state index in [9.17, 15) is 9.59 Å². The van der Waals surface area contributed by atoms with E-state index in [1.807, 2.05) is 36.1 Å². The van der Waals surface area contributed by atoms with E-state index < -0.39 is 0 Å². The van der Waals surface area contributed by atoms with E-state index in [-0.39, 0.29) is 23.8 Å². The Kier molecular flexibility index (Phi) is 7.29. The molecule has 1 N–H and O–H groups in total. The van der Waals surface area contributed by atoms with E-state index >= 15 is 0 Å². The summed E-state index contributed by atoms with van der Waals surface area (Å²) in [6.45, 7) is 5.41. The largest absolute Gasteiger partial charge is 0.497 e. The fraction of sp³-hybridized carbons (Fsp3) is 0.600. The fourth-order valence-corrected chi connectivity index (χ4v) is 3.35. The van der Waals surface area contributed by atoms with Gasteiger partial charge in [-0.25, -0.2) is 0 Å². The van der Waals surface area contributed by atoms with Gasteiger partial charge in [0.15, 0.2) is 0 Å². The maximum Gasteiger partial charge on any atom is 0.227 e. The first-order valence-corrected chi connectivity index (χ1v) is 9.24. The summed E-state index contributed by atoms with van der Waals surface area (Å²) in [5, 5.41) is 3.08. The lowest BCUT2D eigenvalue weighted by Gasteiger charge is -2.32. The van der Waals surface area contributed by atoms with Gasteiger partial charge in [-0.15, -0.1) is 0 Å². The third kappa shape index (κ3) is 5.76. The first-order chi connectivity index (χ1) is 12.0. The Morgan fingerprint density at radius 1 is 1.40 bits per heavy atom. The number of hydrogen-bond donors (Lipinski definition) is 1. The number of carbonyl (C=O) groups is 2. The van der Waals surface area contributed by atoms with Crippen molar-refractivity contribution in [3.05, 3.63) is 29.8 Å². The molecule has 2 rings (SSSR count). The predicted octanol–water partition coefficient (Wildman–Crippen LogP) is 2.78. The fourth-order valence-electron chi connectivity index (χ4n) is 3.35. The second kappa shape index (κ2) is 9.44. The highest BCUT2D eigenvalue weighted by Crippen LogP contribution is 2.19. The Balaban J connectivity index is 1.91. The van der Waals surface area contributed by atoms with Crippen molar-refractivity contribution in [3.63, 3.8) is 0 Å². The molecule has 0 radical (unpaired) electrons. The van der Waals surface area contributed by atoms with Crippen LogP contribution in [0.2, 0.25) is 0 Å². The van der Waals surface area contributed by atoms with Crippen molar-refractivity contribution in [2.75, 3.05) is 20.2 Å². The number of nitrogens with zero attached hydrogens (tertiary/aromatic N) is 1. The van der Waals surface area contributed by atoms with Gasteiger partial charge in [0.1, 0.15) is 5.75 Å². The van der Waals surface area contributed by atoms with Gasteiger partial charge in [-0.2, -0.15) is 0 Å². The van der Waals surface area contributed by atoms with E-state index in [1.54, 1.807) is 7.11 Å². The Labute approximate surface area is 150 Å². The van der Waals surface area contributed by atoms with Crippen molar-refractivity contribution in [2.45, 2.75) is 52.0 Å². The molecule has 1 aliphatic rings. The van der Waals surface area contributed by atoms with Crippen LogP contribution in [0.25, 0.3) is 0 Å². The first kappa shape index (κ1) is 19.3. The molecule has 1 saturated heterocycles. The summed E-state index contributed by atoms with van der Waals surface area (Å²) in [6.07, 6.45) is 4.11. The number of methoxy groups -OCH3 is 1. The van der Waals surface area contributed by atoms with E-state index in [1.165, 1.54) is 0 Å². The van der Waals surface area contributed by atoms with Crippen LogP contribution in [0, 0.1) is 5.92 Å².